The molecule has 2 aliphatic rings. The van der Waals surface area contributed by atoms with Crippen LogP contribution in [0.2, 0.25) is 0 Å². The van der Waals surface area contributed by atoms with Gasteiger partial charge in [0.15, 0.2) is 0 Å². The summed E-state index contributed by atoms with van der Waals surface area (Å²) in [6, 6.07) is 17.9. The lowest BCUT2D eigenvalue weighted by atomic mass is 9.85. The van der Waals surface area contributed by atoms with Gasteiger partial charge in [-0.1, -0.05) is 18.2 Å². The number of nitrogens with zero attached hydrogens (tertiary/aromatic N) is 1. The normalized spacial score (nSPS) is 18.6. The fourth-order valence-corrected chi connectivity index (χ4v) is 4.29. The monoisotopic (exact) mass is 375 g/mol. The molecule has 0 fully saturated rings. The number of benzene rings is 3. The molecule has 2 heterocycles. The highest BCUT2D eigenvalue weighted by Crippen LogP contribution is 2.55. The van der Waals surface area contributed by atoms with E-state index in [1.54, 1.807) is 18.2 Å². The van der Waals surface area contributed by atoms with Crippen molar-refractivity contribution in [3.05, 3.63) is 94.3 Å². The van der Waals surface area contributed by atoms with Gasteiger partial charge in [0, 0.05) is 17.9 Å². The zero-order valence-electron chi connectivity index (χ0n) is 15.2. The smallest absolute Gasteiger partial charge is 0.335 e. The molecule has 5 heteroatoms. The van der Waals surface area contributed by atoms with Gasteiger partial charge < -0.3 is 14.7 Å². The number of hydrogen-bond donors (Lipinski definition) is 1. The fraction of sp³-hybridized carbons (Fsp3) is 0.174. The van der Waals surface area contributed by atoms with Crippen LogP contribution in [0.15, 0.2) is 60.7 Å². The number of aromatic carboxylic acids is 1. The molecule has 1 N–H and O–H groups in total. The Bertz CT molecular complexity index is 1110. The third kappa shape index (κ3) is 2.43. The van der Waals surface area contributed by atoms with Crippen molar-refractivity contribution in [2.75, 3.05) is 11.4 Å². The van der Waals surface area contributed by atoms with Gasteiger partial charge in [-0.15, -0.1) is 0 Å². The molecule has 0 saturated carbocycles. The Balaban J connectivity index is 1.56. The first kappa shape index (κ1) is 17.0. The lowest BCUT2D eigenvalue weighted by Crippen LogP contribution is -2.17. The molecule has 4 nitrogen and oxygen atoms in total. The Kier molecular flexibility index (Phi) is 3.74. The number of fused-ring (bicyclic) bond motifs is 8. The van der Waals surface area contributed by atoms with E-state index in [-0.39, 0.29) is 23.6 Å². The summed E-state index contributed by atoms with van der Waals surface area (Å²) in [5.41, 5.74) is 6.13. The van der Waals surface area contributed by atoms with E-state index in [4.69, 9.17) is 4.74 Å². The van der Waals surface area contributed by atoms with Crippen molar-refractivity contribution in [3.8, 4) is 0 Å². The average molecular weight is 375 g/mol. The van der Waals surface area contributed by atoms with E-state index in [9.17, 15) is 14.3 Å². The van der Waals surface area contributed by atoms with Crippen molar-refractivity contribution < 1.29 is 19.0 Å². The molecule has 3 aromatic carbocycles. The van der Waals surface area contributed by atoms with Gasteiger partial charge in [-0.2, -0.15) is 0 Å². The molecule has 0 amide bonds. The van der Waals surface area contributed by atoms with E-state index < -0.39 is 5.97 Å². The van der Waals surface area contributed by atoms with Crippen LogP contribution < -0.4 is 4.90 Å². The van der Waals surface area contributed by atoms with Gasteiger partial charge >= 0.3 is 5.97 Å². The molecule has 0 unspecified atom stereocenters. The van der Waals surface area contributed by atoms with Crippen molar-refractivity contribution in [1.29, 1.82) is 0 Å². The molecule has 0 aromatic heterocycles. The molecule has 0 spiro atoms. The van der Waals surface area contributed by atoms with Crippen molar-refractivity contribution in [2.45, 2.75) is 19.1 Å². The van der Waals surface area contributed by atoms with E-state index in [2.05, 4.69) is 12.1 Å². The maximum atomic E-state index is 13.7. The predicted octanol–water partition coefficient (Wildman–Crippen LogP) is 5.20. The van der Waals surface area contributed by atoms with Crippen molar-refractivity contribution in [1.82, 2.24) is 0 Å². The number of carbonyl (C=O) groups is 1. The standard InChI is InChI=1S/C23H18FNO3/c1-2-25(15-5-3-4-14(24)11-15)16-7-9-18-20(12-16)22-19-10-13(23(26)27)6-8-17(19)21(18)28-22/h3-12,21-22H,2H2,1H3,(H,26,27)/t21-,22+/m1/s1. The average Bonchev–Trinajstić information content (AvgIpc) is 3.25. The highest BCUT2D eigenvalue weighted by atomic mass is 19.1. The van der Waals surface area contributed by atoms with Gasteiger partial charge in [-0.25, -0.2) is 9.18 Å². The zero-order valence-corrected chi connectivity index (χ0v) is 15.2. The number of hydrogen-bond acceptors (Lipinski definition) is 3. The molecule has 0 aliphatic carbocycles. The molecule has 2 aliphatic heterocycles. The van der Waals surface area contributed by atoms with Crippen molar-refractivity contribution in [2.24, 2.45) is 0 Å². The van der Waals surface area contributed by atoms with E-state index in [0.29, 0.717) is 6.54 Å². The van der Waals surface area contributed by atoms with Crippen LogP contribution in [0, 0.1) is 5.82 Å². The van der Waals surface area contributed by atoms with Gasteiger partial charge in [0.25, 0.3) is 0 Å². The second-order valence-electron chi connectivity index (χ2n) is 7.08. The van der Waals surface area contributed by atoms with Crippen LogP contribution >= 0.6 is 0 Å². The lowest BCUT2D eigenvalue weighted by molar-refractivity contribution is 0.0696. The fourth-order valence-electron chi connectivity index (χ4n) is 4.29. The Morgan fingerprint density at radius 2 is 1.64 bits per heavy atom. The minimum absolute atomic E-state index is 0.156. The second kappa shape index (κ2) is 6.17. The quantitative estimate of drug-likeness (QED) is 0.681. The summed E-state index contributed by atoms with van der Waals surface area (Å²) >= 11 is 0. The predicted molar refractivity (Wildman–Crippen MR) is 104 cm³/mol. The summed E-state index contributed by atoms with van der Waals surface area (Å²) in [5, 5.41) is 9.30. The van der Waals surface area contributed by atoms with E-state index in [1.807, 2.05) is 30.0 Å². The highest BCUT2D eigenvalue weighted by Gasteiger charge is 2.43. The molecular formula is C23H18FNO3. The van der Waals surface area contributed by atoms with Crippen molar-refractivity contribution in [3.63, 3.8) is 0 Å². The minimum Gasteiger partial charge on any atom is -0.478 e. The molecule has 2 bridgehead atoms. The number of rotatable bonds is 4. The zero-order chi connectivity index (χ0) is 19.4. The van der Waals surface area contributed by atoms with Crippen LogP contribution in [0.5, 0.6) is 0 Å². The first-order valence-electron chi connectivity index (χ1n) is 9.26. The molecule has 140 valence electrons. The molecule has 0 saturated heterocycles. The molecule has 28 heavy (non-hydrogen) atoms. The maximum absolute atomic E-state index is 13.7. The minimum atomic E-state index is -0.942. The molecule has 5 rings (SSSR count). The Morgan fingerprint density at radius 1 is 0.964 bits per heavy atom. The first-order valence-corrected chi connectivity index (χ1v) is 9.26. The number of anilines is 2. The van der Waals surface area contributed by atoms with Crippen LogP contribution in [0.4, 0.5) is 15.8 Å². The number of halogens is 1. The van der Waals surface area contributed by atoms with E-state index >= 15 is 0 Å². The van der Waals surface area contributed by atoms with Gasteiger partial charge in [-0.05, 0) is 71.6 Å². The SMILES string of the molecule is CCN(c1cccc(F)c1)c1ccc2c(c1)[C@H]1O[C@@H]2c2ccc(C(=O)O)cc21. The van der Waals surface area contributed by atoms with Crippen molar-refractivity contribution >= 4 is 17.3 Å². The van der Waals surface area contributed by atoms with E-state index in [1.165, 1.54) is 12.1 Å². The van der Waals surface area contributed by atoms with Gasteiger partial charge in [-0.3, -0.25) is 0 Å². The Labute approximate surface area is 161 Å². The van der Waals surface area contributed by atoms with Crippen LogP contribution in [-0.2, 0) is 4.74 Å². The largest absolute Gasteiger partial charge is 0.478 e. The summed E-state index contributed by atoms with van der Waals surface area (Å²) in [5.74, 6) is -1.21. The molecular weight excluding hydrogens is 357 g/mol. The summed E-state index contributed by atoms with van der Waals surface area (Å²) in [6.07, 6.45) is -0.420. The third-order valence-corrected chi connectivity index (χ3v) is 5.55. The van der Waals surface area contributed by atoms with E-state index in [0.717, 1.165) is 33.6 Å². The highest BCUT2D eigenvalue weighted by molar-refractivity contribution is 5.88. The lowest BCUT2D eigenvalue weighted by Gasteiger charge is -2.25. The Morgan fingerprint density at radius 3 is 2.36 bits per heavy atom. The Hall–Kier alpha value is -3.18. The number of carboxylic acids is 1. The van der Waals surface area contributed by atoms with Crippen LogP contribution in [0.3, 0.4) is 0 Å². The molecule has 3 aromatic rings. The second-order valence-corrected chi connectivity index (χ2v) is 7.08. The maximum Gasteiger partial charge on any atom is 0.335 e. The summed E-state index contributed by atoms with van der Waals surface area (Å²) in [6.45, 7) is 2.71. The number of ether oxygens (including phenoxy) is 1. The summed E-state index contributed by atoms with van der Waals surface area (Å²) in [4.78, 5) is 13.4. The van der Waals surface area contributed by atoms with Gasteiger partial charge in [0.2, 0.25) is 0 Å². The van der Waals surface area contributed by atoms with Gasteiger partial charge in [0.05, 0.1) is 5.56 Å². The third-order valence-electron chi connectivity index (χ3n) is 5.55. The van der Waals surface area contributed by atoms with Crippen LogP contribution in [0.25, 0.3) is 0 Å². The summed E-state index contributed by atoms with van der Waals surface area (Å²) < 4.78 is 19.9. The number of carboxylic acid groups (broad SMARTS) is 1. The molecule has 2 atom stereocenters. The van der Waals surface area contributed by atoms with Crippen LogP contribution in [-0.4, -0.2) is 17.6 Å². The van der Waals surface area contributed by atoms with Crippen LogP contribution in [0.1, 0.15) is 51.7 Å². The summed E-state index contributed by atoms with van der Waals surface area (Å²) in [7, 11) is 0. The van der Waals surface area contributed by atoms with Gasteiger partial charge in [0.1, 0.15) is 18.0 Å². The first-order chi connectivity index (χ1) is 13.6. The topological polar surface area (TPSA) is 49.8 Å². The molecule has 0 radical (unpaired) electrons.